The predicted octanol–water partition coefficient (Wildman–Crippen LogP) is 14.8. The number of benzene rings is 9. The lowest BCUT2D eigenvalue weighted by molar-refractivity contribution is 1.37. The van der Waals surface area contributed by atoms with Crippen molar-refractivity contribution < 1.29 is 0 Å². The first-order valence-electron chi connectivity index (χ1n) is 19.0. The second-order valence-corrected chi connectivity index (χ2v) is 14.6. The van der Waals surface area contributed by atoms with E-state index >= 15 is 0 Å². The fraction of sp³-hybridized carbons (Fsp3) is 0. The van der Waals surface area contributed by atoms with Gasteiger partial charge in [-0.25, -0.2) is 0 Å². The van der Waals surface area contributed by atoms with E-state index in [0.717, 1.165) is 0 Å². The minimum absolute atomic E-state index is 1.21. The molecule has 0 N–H and O–H groups in total. The molecule has 2 aromatic heterocycles. The van der Waals surface area contributed by atoms with Crippen molar-refractivity contribution in [3.8, 4) is 66.8 Å². The Hall–Kier alpha value is -7.22. The van der Waals surface area contributed by atoms with E-state index in [1.807, 2.05) is 0 Å². The van der Waals surface area contributed by atoms with Crippen molar-refractivity contribution in [2.75, 3.05) is 0 Å². The lowest BCUT2D eigenvalue weighted by Crippen LogP contribution is -1.85. The van der Waals surface area contributed by atoms with Crippen LogP contribution in [0.15, 0.2) is 212 Å². The molecule has 0 fully saturated rings. The van der Waals surface area contributed by atoms with Gasteiger partial charge in [-0.1, -0.05) is 164 Å². The fourth-order valence-corrected chi connectivity index (χ4v) is 8.58. The number of rotatable bonds is 6. The minimum Gasteiger partial charge on any atom is -0.308 e. The molecule has 55 heavy (non-hydrogen) atoms. The van der Waals surface area contributed by atoms with Crippen LogP contribution < -0.4 is 0 Å². The number of hydrogen-bond donors (Lipinski definition) is 0. The molecule has 0 aliphatic rings. The van der Waals surface area contributed by atoms with Crippen LogP contribution in [0.4, 0.5) is 0 Å². The molecule has 0 saturated heterocycles. The molecule has 2 heterocycles. The molecule has 0 bridgehead atoms. The molecule has 0 aliphatic heterocycles. The minimum atomic E-state index is 1.21. The van der Waals surface area contributed by atoms with Gasteiger partial charge in [0, 0.05) is 21.5 Å². The van der Waals surface area contributed by atoms with Gasteiger partial charge in [0.15, 0.2) is 0 Å². The van der Waals surface area contributed by atoms with Crippen LogP contribution in [0.3, 0.4) is 0 Å². The van der Waals surface area contributed by atoms with E-state index in [1.54, 1.807) is 0 Å². The SMILES string of the molecule is c1ccc(-c2ccc(-c3cccc(-c4cccc(-c5ccc6c(c5)c5cc(-c7ccccc7)cc7c8cc(-c9ccccc9)ccc8n6c75)c4)c3)cc2)cc1. The van der Waals surface area contributed by atoms with Gasteiger partial charge >= 0.3 is 0 Å². The second kappa shape index (κ2) is 12.7. The summed E-state index contributed by atoms with van der Waals surface area (Å²) in [5.74, 6) is 0. The van der Waals surface area contributed by atoms with Gasteiger partial charge < -0.3 is 4.40 Å². The van der Waals surface area contributed by atoms with Gasteiger partial charge in [-0.05, 0) is 115 Å². The Kier molecular flexibility index (Phi) is 7.25. The average molecular weight is 698 g/mol. The van der Waals surface area contributed by atoms with Crippen molar-refractivity contribution in [2.45, 2.75) is 0 Å². The Morgan fingerprint density at radius 2 is 0.491 bits per heavy atom. The molecule has 0 atom stereocenters. The molecule has 256 valence electrons. The molecular formula is C54H35N. The summed E-state index contributed by atoms with van der Waals surface area (Å²) in [6, 6.07) is 77.6. The smallest absolute Gasteiger partial charge is 0.0620 e. The van der Waals surface area contributed by atoms with E-state index < -0.39 is 0 Å². The number of nitrogens with zero attached hydrogens (tertiary/aromatic N) is 1. The van der Waals surface area contributed by atoms with Gasteiger partial charge in [0.1, 0.15) is 0 Å². The van der Waals surface area contributed by atoms with E-state index in [4.69, 9.17) is 0 Å². The molecule has 0 unspecified atom stereocenters. The number of aromatic nitrogens is 1. The third-order valence-corrected chi connectivity index (χ3v) is 11.3. The van der Waals surface area contributed by atoms with E-state index in [1.165, 1.54) is 105 Å². The molecule has 1 heteroatoms. The van der Waals surface area contributed by atoms with Crippen LogP contribution in [-0.4, -0.2) is 4.40 Å². The van der Waals surface area contributed by atoms with Crippen LogP contribution in [0.5, 0.6) is 0 Å². The first kappa shape index (κ1) is 31.3. The standard InChI is InChI=1S/C54H35N/c1-4-12-36(13-5-1)39-22-24-40(25-23-39)41-18-10-19-42(30-41)43-20-11-21-44(31-43)46-27-29-53-49(33-46)51-35-47(38-16-8-3-9-17-38)34-50-48-32-45(37-14-6-2-7-15-37)26-28-52(48)55(53)54(50)51/h1-35H. The predicted molar refractivity (Wildman–Crippen MR) is 234 cm³/mol. The summed E-state index contributed by atoms with van der Waals surface area (Å²) in [4.78, 5) is 0. The fourth-order valence-electron chi connectivity index (χ4n) is 8.58. The molecule has 0 aliphatic carbocycles. The number of hydrogen-bond acceptors (Lipinski definition) is 0. The van der Waals surface area contributed by atoms with Crippen LogP contribution in [0.2, 0.25) is 0 Å². The summed E-state index contributed by atoms with van der Waals surface area (Å²) in [6.45, 7) is 0. The van der Waals surface area contributed by atoms with E-state index in [9.17, 15) is 0 Å². The lowest BCUT2D eigenvalue weighted by Gasteiger charge is -2.10. The summed E-state index contributed by atoms with van der Waals surface area (Å²) in [6.07, 6.45) is 0. The van der Waals surface area contributed by atoms with E-state index in [0.29, 0.717) is 0 Å². The van der Waals surface area contributed by atoms with Gasteiger partial charge in [0.2, 0.25) is 0 Å². The lowest BCUT2D eigenvalue weighted by atomic mass is 9.94. The van der Waals surface area contributed by atoms with E-state index in [-0.39, 0.29) is 0 Å². The van der Waals surface area contributed by atoms with Crippen LogP contribution in [0.1, 0.15) is 0 Å². The van der Waals surface area contributed by atoms with Crippen LogP contribution >= 0.6 is 0 Å². The summed E-state index contributed by atoms with van der Waals surface area (Å²) < 4.78 is 2.48. The molecule has 9 aromatic carbocycles. The van der Waals surface area contributed by atoms with Crippen molar-refractivity contribution in [2.24, 2.45) is 0 Å². The summed E-state index contributed by atoms with van der Waals surface area (Å²) in [7, 11) is 0. The Morgan fingerprint density at radius 3 is 0.964 bits per heavy atom. The molecule has 0 spiro atoms. The molecule has 0 saturated carbocycles. The maximum Gasteiger partial charge on any atom is 0.0620 e. The second-order valence-electron chi connectivity index (χ2n) is 14.6. The zero-order chi connectivity index (χ0) is 36.3. The summed E-state index contributed by atoms with van der Waals surface area (Å²) in [5.41, 5.74) is 18.4. The molecule has 0 amide bonds. The third kappa shape index (κ3) is 5.32. The highest BCUT2D eigenvalue weighted by atomic mass is 14.9. The van der Waals surface area contributed by atoms with Gasteiger partial charge in [-0.3, -0.25) is 0 Å². The van der Waals surface area contributed by atoms with Crippen molar-refractivity contribution in [3.63, 3.8) is 0 Å². The Labute approximate surface area is 320 Å². The van der Waals surface area contributed by atoms with Gasteiger partial charge in [0.05, 0.1) is 16.6 Å². The third-order valence-electron chi connectivity index (χ3n) is 11.3. The van der Waals surface area contributed by atoms with Gasteiger partial charge in [-0.2, -0.15) is 0 Å². The monoisotopic (exact) mass is 697 g/mol. The normalized spacial score (nSPS) is 11.6. The van der Waals surface area contributed by atoms with Crippen molar-refractivity contribution >= 4 is 38.1 Å². The van der Waals surface area contributed by atoms with Crippen molar-refractivity contribution in [1.29, 1.82) is 0 Å². The van der Waals surface area contributed by atoms with Crippen molar-refractivity contribution in [3.05, 3.63) is 212 Å². The van der Waals surface area contributed by atoms with Crippen LogP contribution in [0, 0.1) is 0 Å². The summed E-state index contributed by atoms with van der Waals surface area (Å²) >= 11 is 0. The highest BCUT2D eigenvalue weighted by Crippen LogP contribution is 2.44. The Morgan fingerprint density at radius 1 is 0.200 bits per heavy atom. The van der Waals surface area contributed by atoms with E-state index in [2.05, 4.69) is 217 Å². The summed E-state index contributed by atoms with van der Waals surface area (Å²) in [5, 5.41) is 5.13. The largest absolute Gasteiger partial charge is 0.308 e. The molecule has 11 aromatic rings. The zero-order valence-corrected chi connectivity index (χ0v) is 30.2. The first-order chi connectivity index (χ1) is 27.2. The average Bonchev–Trinajstić information content (AvgIpc) is 3.78. The Bertz CT molecular complexity index is 3160. The zero-order valence-electron chi connectivity index (χ0n) is 30.2. The highest BCUT2D eigenvalue weighted by Gasteiger charge is 2.20. The maximum atomic E-state index is 2.48. The van der Waals surface area contributed by atoms with Crippen molar-refractivity contribution in [1.82, 2.24) is 4.40 Å². The van der Waals surface area contributed by atoms with Gasteiger partial charge in [-0.15, -0.1) is 0 Å². The Balaban J connectivity index is 1.02. The number of fused-ring (bicyclic) bond motifs is 6. The van der Waals surface area contributed by atoms with Crippen LogP contribution in [0.25, 0.3) is 105 Å². The first-order valence-corrected chi connectivity index (χ1v) is 19.0. The molecule has 11 rings (SSSR count). The molecule has 0 radical (unpaired) electrons. The molecule has 1 nitrogen and oxygen atoms in total. The highest BCUT2D eigenvalue weighted by molar-refractivity contribution is 6.25. The molecular weight excluding hydrogens is 663 g/mol. The van der Waals surface area contributed by atoms with Crippen LogP contribution in [-0.2, 0) is 0 Å². The quantitative estimate of drug-likeness (QED) is 0.163. The van der Waals surface area contributed by atoms with Gasteiger partial charge in [0.25, 0.3) is 0 Å². The topological polar surface area (TPSA) is 4.41 Å². The maximum absolute atomic E-state index is 2.48.